The molecule has 20 heavy (non-hydrogen) atoms. The van der Waals surface area contributed by atoms with Crippen LogP contribution in [0.4, 0.5) is 0 Å². The molecule has 0 atom stereocenters. The standard InChI is InChI=1S/C15H21ClN2OSi/c1-15(2,3)20(4,5)19-14-7-6-11(16)10-12(14)13-8-9-17-18-13/h6-10H,1-5H3,(H,17,18). The molecule has 0 radical (unpaired) electrons. The first-order valence-electron chi connectivity index (χ1n) is 6.69. The topological polar surface area (TPSA) is 37.9 Å². The molecule has 2 aromatic rings. The SMILES string of the molecule is CC(C)(C)[Si](C)(C)Oc1ccc(Cl)cc1-c1ccn[nH]1. The first-order chi connectivity index (χ1) is 9.21. The van der Waals surface area contributed by atoms with E-state index >= 15 is 0 Å². The van der Waals surface area contributed by atoms with Crippen LogP contribution < -0.4 is 4.43 Å². The fourth-order valence-corrected chi connectivity index (χ4v) is 2.84. The van der Waals surface area contributed by atoms with E-state index in [1.165, 1.54) is 0 Å². The molecule has 1 aromatic carbocycles. The highest BCUT2D eigenvalue weighted by molar-refractivity contribution is 6.74. The minimum atomic E-state index is -1.88. The van der Waals surface area contributed by atoms with E-state index in [2.05, 4.69) is 44.1 Å². The third kappa shape index (κ3) is 3.07. The van der Waals surface area contributed by atoms with Crippen molar-refractivity contribution in [2.75, 3.05) is 0 Å². The van der Waals surface area contributed by atoms with E-state index in [4.69, 9.17) is 16.0 Å². The Labute approximate surface area is 126 Å². The number of hydrogen-bond donors (Lipinski definition) is 1. The van der Waals surface area contributed by atoms with Gasteiger partial charge in [-0.2, -0.15) is 5.10 Å². The quantitative estimate of drug-likeness (QED) is 0.800. The van der Waals surface area contributed by atoms with Crippen molar-refractivity contribution in [2.24, 2.45) is 0 Å². The van der Waals surface area contributed by atoms with Gasteiger partial charge in [-0.25, -0.2) is 0 Å². The lowest BCUT2D eigenvalue weighted by atomic mass is 10.1. The Morgan fingerprint density at radius 2 is 1.90 bits per heavy atom. The van der Waals surface area contributed by atoms with Gasteiger partial charge in [0.1, 0.15) is 5.75 Å². The molecule has 0 fully saturated rings. The van der Waals surface area contributed by atoms with Gasteiger partial charge in [-0.05, 0) is 42.4 Å². The normalized spacial score (nSPS) is 12.5. The number of nitrogens with one attached hydrogen (secondary N) is 1. The fraction of sp³-hybridized carbons (Fsp3) is 0.400. The van der Waals surface area contributed by atoms with Gasteiger partial charge < -0.3 is 4.43 Å². The second-order valence-corrected chi connectivity index (χ2v) is 11.6. The monoisotopic (exact) mass is 308 g/mol. The third-order valence-corrected chi connectivity index (χ3v) is 8.48. The van der Waals surface area contributed by atoms with Gasteiger partial charge in [-0.15, -0.1) is 0 Å². The summed E-state index contributed by atoms with van der Waals surface area (Å²) in [6, 6.07) is 7.64. The van der Waals surface area contributed by atoms with Crippen LogP contribution in [-0.4, -0.2) is 18.5 Å². The van der Waals surface area contributed by atoms with E-state index in [9.17, 15) is 0 Å². The molecule has 0 spiro atoms. The van der Waals surface area contributed by atoms with E-state index in [-0.39, 0.29) is 5.04 Å². The molecular weight excluding hydrogens is 288 g/mol. The summed E-state index contributed by atoms with van der Waals surface area (Å²) >= 11 is 6.12. The molecule has 0 amide bonds. The van der Waals surface area contributed by atoms with Gasteiger partial charge in [0.05, 0.1) is 5.69 Å². The summed E-state index contributed by atoms with van der Waals surface area (Å²) in [6.07, 6.45) is 1.73. The first kappa shape index (κ1) is 15.1. The molecule has 0 bridgehead atoms. The van der Waals surface area contributed by atoms with Gasteiger partial charge in [0.2, 0.25) is 0 Å². The molecule has 108 valence electrons. The average Bonchev–Trinajstić information content (AvgIpc) is 2.83. The summed E-state index contributed by atoms with van der Waals surface area (Å²) in [5.41, 5.74) is 1.88. The smallest absolute Gasteiger partial charge is 0.250 e. The van der Waals surface area contributed by atoms with Gasteiger partial charge in [0.25, 0.3) is 8.32 Å². The molecule has 1 N–H and O–H groups in total. The second-order valence-electron chi connectivity index (χ2n) is 6.47. The molecule has 1 heterocycles. The van der Waals surface area contributed by atoms with Crippen LogP contribution in [0.3, 0.4) is 0 Å². The van der Waals surface area contributed by atoms with Gasteiger partial charge in [-0.1, -0.05) is 32.4 Å². The van der Waals surface area contributed by atoms with Crippen molar-refractivity contribution < 1.29 is 4.43 Å². The maximum absolute atomic E-state index is 6.41. The molecule has 3 nitrogen and oxygen atoms in total. The number of halogens is 1. The lowest BCUT2D eigenvalue weighted by molar-refractivity contribution is 0.493. The molecule has 5 heteroatoms. The van der Waals surface area contributed by atoms with Crippen molar-refractivity contribution in [1.82, 2.24) is 10.2 Å². The number of aromatic amines is 1. The number of nitrogens with zero attached hydrogens (tertiary/aromatic N) is 1. The summed E-state index contributed by atoms with van der Waals surface area (Å²) in [6.45, 7) is 11.2. The highest BCUT2D eigenvalue weighted by Gasteiger charge is 2.39. The Bertz CT molecular complexity index is 588. The molecule has 0 aliphatic carbocycles. The van der Waals surface area contributed by atoms with E-state index in [1.807, 2.05) is 24.3 Å². The van der Waals surface area contributed by atoms with Crippen molar-refractivity contribution >= 4 is 19.9 Å². The van der Waals surface area contributed by atoms with Crippen LogP contribution in [0.1, 0.15) is 20.8 Å². The number of aromatic nitrogens is 2. The summed E-state index contributed by atoms with van der Waals surface area (Å²) in [7, 11) is -1.88. The molecule has 1 aromatic heterocycles. The van der Waals surface area contributed by atoms with Gasteiger partial charge in [0, 0.05) is 16.8 Å². The van der Waals surface area contributed by atoms with E-state index in [1.54, 1.807) is 6.20 Å². The summed E-state index contributed by atoms with van der Waals surface area (Å²) < 4.78 is 6.41. The first-order valence-corrected chi connectivity index (χ1v) is 9.98. The molecule has 0 unspecified atom stereocenters. The number of benzene rings is 1. The highest BCUT2D eigenvalue weighted by Crippen LogP contribution is 2.40. The maximum Gasteiger partial charge on any atom is 0.250 e. The van der Waals surface area contributed by atoms with Crippen molar-refractivity contribution in [3.8, 4) is 17.0 Å². The Morgan fingerprint density at radius 1 is 1.20 bits per heavy atom. The number of hydrogen-bond acceptors (Lipinski definition) is 2. The van der Waals surface area contributed by atoms with E-state index < -0.39 is 8.32 Å². The van der Waals surface area contributed by atoms with E-state index in [0.717, 1.165) is 17.0 Å². The lowest BCUT2D eigenvalue weighted by Crippen LogP contribution is -2.44. The van der Waals surface area contributed by atoms with Crippen LogP contribution in [0, 0.1) is 0 Å². The second kappa shape index (κ2) is 5.26. The Kier molecular flexibility index (Phi) is 3.98. The van der Waals surface area contributed by atoms with Crippen molar-refractivity contribution in [1.29, 1.82) is 0 Å². The highest BCUT2D eigenvalue weighted by atomic mass is 35.5. The summed E-state index contributed by atoms with van der Waals surface area (Å²) in [4.78, 5) is 0. The molecule has 0 aliphatic rings. The zero-order valence-electron chi connectivity index (χ0n) is 12.6. The minimum absolute atomic E-state index is 0.151. The fourth-order valence-electron chi connectivity index (χ4n) is 1.64. The predicted octanol–water partition coefficient (Wildman–Crippen LogP) is 5.11. The molecule has 0 saturated carbocycles. The number of H-pyrrole nitrogens is 1. The van der Waals surface area contributed by atoms with Crippen molar-refractivity contribution in [3.05, 3.63) is 35.5 Å². The zero-order chi connectivity index (χ0) is 15.0. The van der Waals surface area contributed by atoms with Gasteiger partial charge in [0.15, 0.2) is 0 Å². The van der Waals surface area contributed by atoms with Crippen molar-refractivity contribution in [3.63, 3.8) is 0 Å². The Hall–Kier alpha value is -1.26. The van der Waals surface area contributed by atoms with Crippen LogP contribution in [0.5, 0.6) is 5.75 Å². The van der Waals surface area contributed by atoms with Gasteiger partial charge in [-0.3, -0.25) is 5.10 Å². The third-order valence-electron chi connectivity index (χ3n) is 3.90. The molecule has 2 rings (SSSR count). The zero-order valence-corrected chi connectivity index (χ0v) is 14.4. The van der Waals surface area contributed by atoms with Crippen LogP contribution >= 0.6 is 11.6 Å². The predicted molar refractivity (Wildman–Crippen MR) is 86.9 cm³/mol. The lowest BCUT2D eigenvalue weighted by Gasteiger charge is -2.37. The summed E-state index contributed by atoms with van der Waals surface area (Å²) in [5, 5.41) is 7.82. The van der Waals surface area contributed by atoms with Crippen LogP contribution in [0.15, 0.2) is 30.5 Å². The van der Waals surface area contributed by atoms with E-state index in [0.29, 0.717) is 5.02 Å². The Balaban J connectivity index is 2.43. The summed E-state index contributed by atoms with van der Waals surface area (Å²) in [5.74, 6) is 0.866. The Morgan fingerprint density at radius 3 is 2.45 bits per heavy atom. The minimum Gasteiger partial charge on any atom is -0.543 e. The van der Waals surface area contributed by atoms with Crippen LogP contribution in [0.25, 0.3) is 11.3 Å². The number of rotatable bonds is 3. The molecule has 0 saturated heterocycles. The van der Waals surface area contributed by atoms with Gasteiger partial charge >= 0.3 is 0 Å². The molecular formula is C15H21ClN2OSi. The average molecular weight is 309 g/mol. The van der Waals surface area contributed by atoms with Crippen LogP contribution in [0.2, 0.25) is 23.2 Å². The largest absolute Gasteiger partial charge is 0.543 e. The van der Waals surface area contributed by atoms with Crippen LogP contribution in [-0.2, 0) is 0 Å². The van der Waals surface area contributed by atoms with Crippen molar-refractivity contribution in [2.45, 2.75) is 38.9 Å². The molecule has 0 aliphatic heterocycles. The maximum atomic E-state index is 6.41.